The van der Waals surface area contributed by atoms with Crippen molar-refractivity contribution in [2.45, 2.75) is 25.4 Å². The fourth-order valence-corrected chi connectivity index (χ4v) is 3.80. The third-order valence-electron chi connectivity index (χ3n) is 5.20. The fourth-order valence-electron chi connectivity index (χ4n) is 3.80. The van der Waals surface area contributed by atoms with Crippen molar-refractivity contribution in [1.82, 2.24) is 9.97 Å². The van der Waals surface area contributed by atoms with E-state index in [4.69, 9.17) is 0 Å². The van der Waals surface area contributed by atoms with Crippen LogP contribution in [-0.4, -0.2) is 41.3 Å². The Morgan fingerprint density at radius 1 is 1.15 bits per heavy atom. The molecule has 1 aromatic heterocycles. The summed E-state index contributed by atoms with van der Waals surface area (Å²) in [4.78, 5) is 13.2. The Morgan fingerprint density at radius 3 is 2.88 bits per heavy atom. The normalized spacial score (nSPS) is 17.0. The van der Waals surface area contributed by atoms with Crippen LogP contribution >= 0.6 is 0 Å². The van der Waals surface area contributed by atoms with Crippen LogP contribution in [0.4, 0.5) is 11.6 Å². The van der Waals surface area contributed by atoms with Crippen LogP contribution in [0.25, 0.3) is 10.8 Å². The van der Waals surface area contributed by atoms with Crippen molar-refractivity contribution >= 4 is 22.4 Å². The number of hydrogen-bond donors (Lipinski definition) is 1. The molecule has 4 rings (SSSR count). The topological polar surface area (TPSA) is 52.5 Å². The number of aliphatic hydroxyl groups excluding tert-OH is 1. The highest BCUT2D eigenvalue weighted by atomic mass is 16.3. The first-order chi connectivity index (χ1) is 12.8. The molecule has 1 saturated heterocycles. The molecule has 1 aliphatic rings. The van der Waals surface area contributed by atoms with Crippen LogP contribution in [-0.2, 0) is 6.54 Å². The van der Waals surface area contributed by atoms with Crippen LogP contribution in [0.1, 0.15) is 18.4 Å². The summed E-state index contributed by atoms with van der Waals surface area (Å²) in [6.07, 6.45) is 3.73. The molecule has 0 radical (unpaired) electrons. The first-order valence-electron chi connectivity index (χ1n) is 9.13. The van der Waals surface area contributed by atoms with Crippen LogP contribution in [0.15, 0.2) is 54.9 Å². The summed E-state index contributed by atoms with van der Waals surface area (Å²) in [5.74, 6) is 1.79. The molecule has 0 amide bonds. The summed E-state index contributed by atoms with van der Waals surface area (Å²) in [5.41, 5.74) is 1.28. The number of aromatic nitrogens is 2. The molecule has 0 bridgehead atoms. The summed E-state index contributed by atoms with van der Waals surface area (Å²) < 4.78 is 0. The van der Waals surface area contributed by atoms with E-state index in [1.54, 1.807) is 6.33 Å². The minimum Gasteiger partial charge on any atom is -0.394 e. The summed E-state index contributed by atoms with van der Waals surface area (Å²) in [6, 6.07) is 17.1. The largest absolute Gasteiger partial charge is 0.394 e. The predicted octanol–water partition coefficient (Wildman–Crippen LogP) is 3.23. The van der Waals surface area contributed by atoms with Gasteiger partial charge in [-0.05, 0) is 29.2 Å². The van der Waals surface area contributed by atoms with Gasteiger partial charge in [0.2, 0.25) is 0 Å². The lowest BCUT2D eigenvalue weighted by Crippen LogP contribution is -2.33. The van der Waals surface area contributed by atoms with Gasteiger partial charge in [0.1, 0.15) is 18.0 Å². The lowest BCUT2D eigenvalue weighted by atomic mass is 10.0. The van der Waals surface area contributed by atoms with Crippen molar-refractivity contribution in [1.29, 1.82) is 0 Å². The van der Waals surface area contributed by atoms with Crippen LogP contribution in [0, 0.1) is 0 Å². The van der Waals surface area contributed by atoms with Gasteiger partial charge >= 0.3 is 0 Å². The second kappa shape index (κ2) is 7.30. The van der Waals surface area contributed by atoms with Gasteiger partial charge < -0.3 is 14.9 Å². The Morgan fingerprint density at radius 2 is 2.00 bits per heavy atom. The molecule has 0 aliphatic carbocycles. The van der Waals surface area contributed by atoms with Gasteiger partial charge in [0.15, 0.2) is 0 Å². The van der Waals surface area contributed by atoms with Gasteiger partial charge in [-0.15, -0.1) is 0 Å². The number of hydrogen-bond acceptors (Lipinski definition) is 5. The summed E-state index contributed by atoms with van der Waals surface area (Å²) >= 11 is 0. The number of rotatable bonds is 5. The van der Waals surface area contributed by atoms with Crippen molar-refractivity contribution in [3.8, 4) is 0 Å². The highest BCUT2D eigenvalue weighted by molar-refractivity contribution is 5.85. The first kappa shape index (κ1) is 16.8. The van der Waals surface area contributed by atoms with E-state index in [2.05, 4.69) is 69.3 Å². The minimum absolute atomic E-state index is 0.168. The number of benzene rings is 2. The molecule has 1 N–H and O–H groups in total. The van der Waals surface area contributed by atoms with Crippen molar-refractivity contribution in [2.24, 2.45) is 0 Å². The molecule has 5 heteroatoms. The van der Waals surface area contributed by atoms with Gasteiger partial charge in [-0.2, -0.15) is 0 Å². The van der Waals surface area contributed by atoms with Crippen molar-refractivity contribution < 1.29 is 5.11 Å². The van der Waals surface area contributed by atoms with Gasteiger partial charge in [0.25, 0.3) is 0 Å². The molecule has 0 saturated carbocycles. The smallest absolute Gasteiger partial charge is 0.134 e. The molecule has 0 spiro atoms. The SMILES string of the molecule is CN(Cc1cccc2ccccc12)c1cc(N2CCCC2CO)ncn1. The first-order valence-corrected chi connectivity index (χ1v) is 9.13. The highest BCUT2D eigenvalue weighted by Crippen LogP contribution is 2.26. The van der Waals surface area contributed by atoms with Crippen LogP contribution in [0.2, 0.25) is 0 Å². The van der Waals surface area contributed by atoms with Gasteiger partial charge in [0.05, 0.1) is 12.6 Å². The van der Waals surface area contributed by atoms with Crippen molar-refractivity contribution in [2.75, 3.05) is 30.0 Å². The third kappa shape index (κ3) is 3.22. The van der Waals surface area contributed by atoms with Gasteiger partial charge in [-0.3, -0.25) is 0 Å². The Kier molecular flexibility index (Phi) is 4.71. The highest BCUT2D eigenvalue weighted by Gasteiger charge is 2.25. The quantitative estimate of drug-likeness (QED) is 0.767. The lowest BCUT2D eigenvalue weighted by molar-refractivity contribution is 0.266. The van der Waals surface area contributed by atoms with E-state index in [1.807, 2.05) is 6.07 Å². The third-order valence-corrected chi connectivity index (χ3v) is 5.20. The lowest BCUT2D eigenvalue weighted by Gasteiger charge is -2.25. The molecule has 1 atom stereocenters. The maximum atomic E-state index is 9.58. The fraction of sp³-hybridized carbons (Fsp3) is 0.333. The average molecular weight is 348 g/mol. The van der Waals surface area contributed by atoms with E-state index in [-0.39, 0.29) is 12.6 Å². The van der Waals surface area contributed by atoms with E-state index in [9.17, 15) is 5.11 Å². The Balaban J connectivity index is 1.58. The predicted molar refractivity (Wildman–Crippen MR) is 106 cm³/mol. The van der Waals surface area contributed by atoms with E-state index >= 15 is 0 Å². The van der Waals surface area contributed by atoms with E-state index < -0.39 is 0 Å². The summed E-state index contributed by atoms with van der Waals surface area (Å²) in [5, 5.41) is 12.1. The summed E-state index contributed by atoms with van der Waals surface area (Å²) in [6.45, 7) is 1.89. The Bertz CT molecular complexity index is 893. The van der Waals surface area contributed by atoms with Gasteiger partial charge in [0, 0.05) is 26.2 Å². The van der Waals surface area contributed by atoms with Crippen molar-refractivity contribution in [3.05, 3.63) is 60.4 Å². The molecule has 1 aliphatic heterocycles. The number of fused-ring (bicyclic) bond motifs is 1. The van der Waals surface area contributed by atoms with Crippen molar-refractivity contribution in [3.63, 3.8) is 0 Å². The van der Waals surface area contributed by atoms with Crippen LogP contribution in [0.5, 0.6) is 0 Å². The number of aliphatic hydroxyl groups is 1. The zero-order chi connectivity index (χ0) is 17.9. The van der Waals surface area contributed by atoms with E-state index in [1.165, 1.54) is 16.3 Å². The Hall–Kier alpha value is -2.66. The van der Waals surface area contributed by atoms with Crippen LogP contribution < -0.4 is 9.80 Å². The molecule has 2 aromatic carbocycles. The van der Waals surface area contributed by atoms with E-state index in [0.717, 1.165) is 37.6 Å². The zero-order valence-corrected chi connectivity index (χ0v) is 15.0. The average Bonchev–Trinajstić information content (AvgIpc) is 3.17. The summed E-state index contributed by atoms with van der Waals surface area (Å²) in [7, 11) is 2.06. The maximum Gasteiger partial charge on any atom is 0.134 e. The molecule has 134 valence electrons. The standard InChI is InChI=1S/C21H24N4O/c1-24(13-17-8-4-7-16-6-2-3-10-19(16)17)20-12-21(23-15-22-20)25-11-5-9-18(25)14-26/h2-4,6-8,10,12,15,18,26H,5,9,11,13-14H2,1H3. The second-order valence-corrected chi connectivity index (χ2v) is 6.90. The molecule has 1 fully saturated rings. The minimum atomic E-state index is 0.168. The zero-order valence-electron chi connectivity index (χ0n) is 15.0. The maximum absolute atomic E-state index is 9.58. The molecule has 26 heavy (non-hydrogen) atoms. The van der Waals surface area contributed by atoms with Gasteiger partial charge in [-0.1, -0.05) is 42.5 Å². The van der Waals surface area contributed by atoms with Gasteiger partial charge in [-0.25, -0.2) is 9.97 Å². The molecule has 2 heterocycles. The molecule has 3 aromatic rings. The molecular formula is C21H24N4O. The monoisotopic (exact) mass is 348 g/mol. The number of anilines is 2. The number of nitrogens with zero attached hydrogens (tertiary/aromatic N) is 4. The van der Waals surface area contributed by atoms with Crippen LogP contribution in [0.3, 0.4) is 0 Å². The molecular weight excluding hydrogens is 324 g/mol. The van der Waals surface area contributed by atoms with E-state index in [0.29, 0.717) is 0 Å². The Labute approximate surface area is 153 Å². The molecule has 5 nitrogen and oxygen atoms in total. The second-order valence-electron chi connectivity index (χ2n) is 6.90. The molecule has 1 unspecified atom stereocenters.